The van der Waals surface area contributed by atoms with Crippen molar-refractivity contribution in [3.63, 3.8) is 0 Å². The molecule has 2 aliphatic heterocycles. The van der Waals surface area contributed by atoms with E-state index in [0.29, 0.717) is 59.0 Å². The van der Waals surface area contributed by atoms with Crippen LogP contribution in [0.1, 0.15) is 51.5 Å². The highest BCUT2D eigenvalue weighted by Crippen LogP contribution is 2.30. The summed E-state index contributed by atoms with van der Waals surface area (Å²) in [5.41, 5.74) is 1.87. The molecule has 8 nitrogen and oxygen atoms in total. The molecule has 0 aliphatic carbocycles. The summed E-state index contributed by atoms with van der Waals surface area (Å²) in [5, 5.41) is 0.387. The van der Waals surface area contributed by atoms with Crippen LogP contribution in [0.5, 0.6) is 0 Å². The number of rotatable bonds is 11. The number of hydrogen-bond acceptors (Lipinski definition) is 6. The maximum atomic E-state index is 13.7. The van der Waals surface area contributed by atoms with E-state index in [1.165, 1.54) is 16.1 Å². The summed E-state index contributed by atoms with van der Waals surface area (Å²) in [5.74, 6) is 0.302. The number of halogens is 2. The van der Waals surface area contributed by atoms with Gasteiger partial charge in [0.1, 0.15) is 0 Å². The van der Waals surface area contributed by atoms with Crippen LogP contribution < -0.4 is 4.90 Å². The fourth-order valence-corrected chi connectivity index (χ4v) is 8.19. The predicted octanol–water partition coefficient (Wildman–Crippen LogP) is 5.52. The lowest BCUT2D eigenvalue weighted by Gasteiger charge is -2.35. The molecule has 0 aromatic heterocycles. The van der Waals surface area contributed by atoms with Crippen LogP contribution in [0.25, 0.3) is 0 Å². The van der Waals surface area contributed by atoms with Crippen LogP contribution in [0, 0.1) is 11.8 Å². The SMILES string of the molecule is CC(C)S(=O)(=O)c1ccc(CC2CCN(CCCN(C(=O)C3CCN(S(C)(=O)=O)CC3)c3ccc(Cl)c(Cl)c3)CC2)cc1. The summed E-state index contributed by atoms with van der Waals surface area (Å²) in [6, 6.07) is 12.6. The number of carbonyl (C=O) groups is 1. The van der Waals surface area contributed by atoms with Crippen molar-refractivity contribution in [2.75, 3.05) is 50.4 Å². The molecule has 0 saturated carbocycles. The topological polar surface area (TPSA) is 95.1 Å². The van der Waals surface area contributed by atoms with E-state index in [9.17, 15) is 21.6 Å². The summed E-state index contributed by atoms with van der Waals surface area (Å²) in [4.78, 5) is 18.3. The minimum absolute atomic E-state index is 0.00235. The molecule has 0 bridgehead atoms. The second kappa shape index (κ2) is 14.6. The Morgan fingerprint density at radius 2 is 1.53 bits per heavy atom. The molecule has 12 heteroatoms. The van der Waals surface area contributed by atoms with Crippen molar-refractivity contribution >= 4 is 54.7 Å². The Morgan fingerprint density at radius 1 is 0.907 bits per heavy atom. The van der Waals surface area contributed by atoms with Crippen molar-refractivity contribution in [2.45, 2.75) is 62.5 Å². The summed E-state index contributed by atoms with van der Waals surface area (Å²) in [6.07, 6.45) is 6.07. The largest absolute Gasteiger partial charge is 0.312 e. The molecule has 2 fully saturated rings. The molecule has 0 atom stereocenters. The van der Waals surface area contributed by atoms with E-state index < -0.39 is 25.1 Å². The maximum absolute atomic E-state index is 13.7. The molecule has 43 heavy (non-hydrogen) atoms. The second-order valence-corrected chi connectivity index (χ2v) is 17.4. The number of sulfone groups is 1. The summed E-state index contributed by atoms with van der Waals surface area (Å²) in [6.45, 7) is 7.46. The van der Waals surface area contributed by atoms with Crippen LogP contribution >= 0.6 is 23.2 Å². The van der Waals surface area contributed by atoms with Gasteiger partial charge < -0.3 is 9.80 Å². The van der Waals surface area contributed by atoms with E-state index >= 15 is 0 Å². The number of likely N-dealkylation sites (tertiary alicyclic amines) is 1. The highest BCUT2D eigenvalue weighted by Gasteiger charge is 2.32. The van der Waals surface area contributed by atoms with Gasteiger partial charge in [0.15, 0.2) is 9.84 Å². The van der Waals surface area contributed by atoms with Gasteiger partial charge in [-0.1, -0.05) is 35.3 Å². The number of anilines is 1. The standard InChI is InChI=1S/C31H43Cl2N3O5S2/c1-23(2)43(40,41)28-8-5-24(6-9-28)21-25-11-17-34(18-12-25)15-4-16-36(27-7-10-29(32)30(33)22-27)31(37)26-13-19-35(20-14-26)42(3,38)39/h5-10,22-23,25-26H,4,11-21H2,1-3H3. The van der Waals surface area contributed by atoms with E-state index in [4.69, 9.17) is 23.2 Å². The summed E-state index contributed by atoms with van der Waals surface area (Å²) in [7, 11) is -6.53. The molecular weight excluding hydrogens is 629 g/mol. The van der Waals surface area contributed by atoms with Crippen molar-refractivity contribution in [1.29, 1.82) is 0 Å². The van der Waals surface area contributed by atoms with Crippen molar-refractivity contribution in [3.05, 3.63) is 58.1 Å². The molecule has 4 rings (SSSR count). The van der Waals surface area contributed by atoms with E-state index in [1.54, 1.807) is 43.0 Å². The van der Waals surface area contributed by atoms with Crippen LogP contribution in [-0.2, 0) is 31.1 Å². The minimum atomic E-state index is -3.27. The lowest BCUT2D eigenvalue weighted by molar-refractivity contribution is -0.123. The van der Waals surface area contributed by atoms with Gasteiger partial charge in [0.2, 0.25) is 15.9 Å². The monoisotopic (exact) mass is 671 g/mol. The Balaban J connectivity index is 1.30. The first kappa shape index (κ1) is 34.2. The van der Waals surface area contributed by atoms with Crippen LogP contribution in [0.2, 0.25) is 10.0 Å². The second-order valence-electron chi connectivity index (χ2n) is 12.1. The van der Waals surface area contributed by atoms with E-state index in [0.717, 1.165) is 45.3 Å². The number of benzene rings is 2. The molecule has 0 radical (unpaired) electrons. The third-order valence-corrected chi connectivity index (χ3v) is 12.9. The van der Waals surface area contributed by atoms with Crippen LogP contribution in [-0.4, -0.2) is 82.7 Å². The molecular formula is C31H43Cl2N3O5S2. The summed E-state index contributed by atoms with van der Waals surface area (Å²) >= 11 is 12.5. The Bertz CT molecular complexity index is 1470. The maximum Gasteiger partial charge on any atom is 0.230 e. The lowest BCUT2D eigenvalue weighted by atomic mass is 9.90. The van der Waals surface area contributed by atoms with Crippen molar-refractivity contribution < 1.29 is 21.6 Å². The number of hydrogen-bond donors (Lipinski definition) is 0. The van der Waals surface area contributed by atoms with Gasteiger partial charge in [0.25, 0.3) is 0 Å². The molecule has 2 aromatic rings. The number of sulfonamides is 1. The smallest absolute Gasteiger partial charge is 0.230 e. The van der Waals surface area contributed by atoms with Crippen LogP contribution in [0.3, 0.4) is 0 Å². The molecule has 2 aromatic carbocycles. The summed E-state index contributed by atoms with van der Waals surface area (Å²) < 4.78 is 50.1. The molecule has 2 saturated heterocycles. The van der Waals surface area contributed by atoms with Crippen molar-refractivity contribution in [1.82, 2.24) is 9.21 Å². The van der Waals surface area contributed by atoms with Crippen molar-refractivity contribution in [3.8, 4) is 0 Å². The first-order valence-electron chi connectivity index (χ1n) is 15.0. The van der Waals surface area contributed by atoms with Crippen LogP contribution in [0.4, 0.5) is 5.69 Å². The zero-order valence-electron chi connectivity index (χ0n) is 25.2. The van der Waals surface area contributed by atoms with Crippen molar-refractivity contribution in [2.24, 2.45) is 11.8 Å². The first-order chi connectivity index (χ1) is 20.3. The van der Waals surface area contributed by atoms with Gasteiger partial charge in [-0.15, -0.1) is 0 Å². The average Bonchev–Trinajstić information content (AvgIpc) is 2.97. The molecule has 2 aliphatic rings. The Labute approximate surface area is 267 Å². The van der Waals surface area contributed by atoms with Gasteiger partial charge in [-0.05, 0) is 114 Å². The predicted molar refractivity (Wildman–Crippen MR) is 174 cm³/mol. The number of nitrogens with zero attached hydrogens (tertiary/aromatic N) is 3. The van der Waals surface area contributed by atoms with Gasteiger partial charge >= 0.3 is 0 Å². The van der Waals surface area contributed by atoms with Gasteiger partial charge in [0.05, 0.1) is 26.4 Å². The highest BCUT2D eigenvalue weighted by atomic mass is 35.5. The molecule has 1 amide bonds. The van der Waals surface area contributed by atoms with Gasteiger partial charge in [-0.2, -0.15) is 0 Å². The Morgan fingerprint density at radius 3 is 2.09 bits per heavy atom. The Kier molecular flexibility index (Phi) is 11.6. The van der Waals surface area contributed by atoms with Gasteiger partial charge in [-0.3, -0.25) is 4.79 Å². The third kappa shape index (κ3) is 8.95. The van der Waals surface area contributed by atoms with E-state index in [1.807, 2.05) is 18.2 Å². The van der Waals surface area contributed by atoms with Crippen LogP contribution in [0.15, 0.2) is 47.4 Å². The zero-order chi connectivity index (χ0) is 31.4. The van der Waals surface area contributed by atoms with E-state index in [2.05, 4.69) is 4.90 Å². The quantitative estimate of drug-likeness (QED) is 0.312. The molecule has 0 unspecified atom stereocenters. The fourth-order valence-electron chi connectivity index (χ4n) is 5.96. The molecule has 0 spiro atoms. The molecule has 2 heterocycles. The minimum Gasteiger partial charge on any atom is -0.312 e. The Hall–Kier alpha value is -1.69. The normalized spacial score (nSPS) is 18.3. The number of piperidine rings is 2. The lowest BCUT2D eigenvalue weighted by Crippen LogP contribution is -2.45. The van der Waals surface area contributed by atoms with Gasteiger partial charge in [0, 0.05) is 31.2 Å². The molecule has 238 valence electrons. The third-order valence-electron chi connectivity index (χ3n) is 8.71. The fraction of sp³-hybridized carbons (Fsp3) is 0.581. The highest BCUT2D eigenvalue weighted by molar-refractivity contribution is 7.92. The number of carbonyl (C=O) groups excluding carboxylic acids is 1. The number of amides is 1. The van der Waals surface area contributed by atoms with E-state index in [-0.39, 0.29) is 11.8 Å². The average molecular weight is 673 g/mol. The van der Waals surface area contributed by atoms with Gasteiger partial charge in [-0.25, -0.2) is 21.1 Å². The molecule has 0 N–H and O–H groups in total. The zero-order valence-corrected chi connectivity index (χ0v) is 28.4. The first-order valence-corrected chi connectivity index (χ1v) is 19.2.